The van der Waals surface area contributed by atoms with E-state index in [0.29, 0.717) is 30.3 Å². The number of allylic oxidation sites excluding steroid dienone is 2. The van der Waals surface area contributed by atoms with Gasteiger partial charge >= 0.3 is 0 Å². The zero-order valence-electron chi connectivity index (χ0n) is 12.8. The molecule has 3 rings (SSSR count). The number of amides is 1. The Morgan fingerprint density at radius 2 is 2.10 bits per heavy atom. The molecular weight excluding hydrogens is 266 g/mol. The second kappa shape index (κ2) is 7.41. The molecule has 1 amide bonds. The van der Waals surface area contributed by atoms with Crippen molar-refractivity contribution in [3.8, 4) is 0 Å². The van der Waals surface area contributed by atoms with Gasteiger partial charge in [0.1, 0.15) is 0 Å². The summed E-state index contributed by atoms with van der Waals surface area (Å²) in [5.74, 6) is 1.39. The van der Waals surface area contributed by atoms with Crippen molar-refractivity contribution in [2.24, 2.45) is 11.8 Å². The van der Waals surface area contributed by atoms with Gasteiger partial charge in [0.15, 0.2) is 0 Å². The molecule has 2 heterocycles. The SMILES string of the molecule is O=C(CC1C=CCC1)N1CCC(OCC2CCOC2)CC1. The van der Waals surface area contributed by atoms with E-state index >= 15 is 0 Å². The highest BCUT2D eigenvalue weighted by atomic mass is 16.5. The van der Waals surface area contributed by atoms with Crippen LogP contribution in [0.4, 0.5) is 0 Å². The monoisotopic (exact) mass is 293 g/mol. The van der Waals surface area contributed by atoms with E-state index in [0.717, 1.165) is 65.0 Å². The maximum Gasteiger partial charge on any atom is 0.223 e. The molecule has 0 saturated carbocycles. The summed E-state index contributed by atoms with van der Waals surface area (Å²) in [6.45, 7) is 4.29. The summed E-state index contributed by atoms with van der Waals surface area (Å²) < 4.78 is 11.4. The Hall–Kier alpha value is -0.870. The zero-order chi connectivity index (χ0) is 14.5. The summed E-state index contributed by atoms with van der Waals surface area (Å²) in [6.07, 6.45) is 10.8. The molecular formula is C17H27NO3. The number of nitrogens with zero attached hydrogens (tertiary/aromatic N) is 1. The van der Waals surface area contributed by atoms with Crippen LogP contribution in [0.5, 0.6) is 0 Å². The van der Waals surface area contributed by atoms with E-state index in [1.165, 1.54) is 0 Å². The van der Waals surface area contributed by atoms with Crippen LogP contribution in [0.1, 0.15) is 38.5 Å². The van der Waals surface area contributed by atoms with Crippen molar-refractivity contribution in [3.63, 3.8) is 0 Å². The van der Waals surface area contributed by atoms with Gasteiger partial charge in [-0.15, -0.1) is 0 Å². The second-order valence-electron chi connectivity index (χ2n) is 6.61. The minimum atomic E-state index is 0.328. The van der Waals surface area contributed by atoms with Crippen LogP contribution < -0.4 is 0 Å². The zero-order valence-corrected chi connectivity index (χ0v) is 12.8. The third-order valence-corrected chi connectivity index (χ3v) is 4.94. The van der Waals surface area contributed by atoms with Crippen LogP contribution in [0.2, 0.25) is 0 Å². The lowest BCUT2D eigenvalue weighted by atomic mass is 10.0. The molecule has 2 fully saturated rings. The average Bonchev–Trinajstić information content (AvgIpc) is 3.19. The van der Waals surface area contributed by atoms with E-state index in [1.54, 1.807) is 0 Å². The lowest BCUT2D eigenvalue weighted by molar-refractivity contribution is -0.134. The summed E-state index contributed by atoms with van der Waals surface area (Å²) in [5.41, 5.74) is 0. The predicted molar refractivity (Wildman–Crippen MR) is 81.0 cm³/mol. The fraction of sp³-hybridized carbons (Fsp3) is 0.824. The molecule has 118 valence electrons. The maximum absolute atomic E-state index is 12.3. The number of piperidine rings is 1. The van der Waals surface area contributed by atoms with E-state index in [-0.39, 0.29) is 0 Å². The van der Waals surface area contributed by atoms with Crippen LogP contribution in [0.3, 0.4) is 0 Å². The Bertz CT molecular complexity index is 368. The standard InChI is InChI=1S/C17H27NO3/c19-17(11-14-3-1-2-4-14)18-8-5-16(6-9-18)21-13-15-7-10-20-12-15/h1,3,14-16H,2,4-13H2. The molecule has 2 saturated heterocycles. The summed E-state index contributed by atoms with van der Waals surface area (Å²) >= 11 is 0. The fourth-order valence-electron chi connectivity index (χ4n) is 3.48. The topological polar surface area (TPSA) is 38.8 Å². The van der Waals surface area contributed by atoms with Gasteiger partial charge in [-0.1, -0.05) is 12.2 Å². The van der Waals surface area contributed by atoms with Gasteiger partial charge in [-0.2, -0.15) is 0 Å². The number of hydrogen-bond donors (Lipinski definition) is 0. The van der Waals surface area contributed by atoms with E-state index in [1.807, 2.05) is 4.90 Å². The summed E-state index contributed by atoms with van der Waals surface area (Å²) in [7, 11) is 0. The van der Waals surface area contributed by atoms with Crippen molar-refractivity contribution in [2.75, 3.05) is 32.9 Å². The Labute approximate surface area is 127 Å². The second-order valence-corrected chi connectivity index (χ2v) is 6.61. The highest BCUT2D eigenvalue weighted by Gasteiger charge is 2.26. The van der Waals surface area contributed by atoms with Crippen molar-refractivity contribution in [2.45, 2.75) is 44.6 Å². The third-order valence-electron chi connectivity index (χ3n) is 4.94. The Morgan fingerprint density at radius 1 is 1.24 bits per heavy atom. The van der Waals surface area contributed by atoms with Gasteiger partial charge in [0.2, 0.25) is 5.91 Å². The van der Waals surface area contributed by atoms with Crippen LogP contribution in [0.25, 0.3) is 0 Å². The van der Waals surface area contributed by atoms with Crippen LogP contribution in [0, 0.1) is 11.8 Å². The van der Waals surface area contributed by atoms with Crippen LogP contribution in [-0.2, 0) is 14.3 Å². The molecule has 3 aliphatic rings. The first-order valence-electron chi connectivity index (χ1n) is 8.45. The average molecular weight is 293 g/mol. The molecule has 21 heavy (non-hydrogen) atoms. The van der Waals surface area contributed by atoms with E-state index in [2.05, 4.69) is 12.2 Å². The maximum atomic E-state index is 12.3. The largest absolute Gasteiger partial charge is 0.381 e. The highest BCUT2D eigenvalue weighted by Crippen LogP contribution is 2.23. The van der Waals surface area contributed by atoms with Crippen LogP contribution in [0.15, 0.2) is 12.2 Å². The molecule has 0 aromatic carbocycles. The lowest BCUT2D eigenvalue weighted by Crippen LogP contribution is -2.41. The summed E-state index contributed by atoms with van der Waals surface area (Å²) in [6, 6.07) is 0. The Kier molecular flexibility index (Phi) is 5.31. The fourth-order valence-corrected chi connectivity index (χ4v) is 3.48. The Balaban J connectivity index is 1.34. The first-order valence-corrected chi connectivity index (χ1v) is 8.45. The number of likely N-dealkylation sites (tertiary alicyclic amines) is 1. The smallest absolute Gasteiger partial charge is 0.223 e. The molecule has 0 aromatic rings. The minimum Gasteiger partial charge on any atom is -0.381 e. The molecule has 4 nitrogen and oxygen atoms in total. The highest BCUT2D eigenvalue weighted by molar-refractivity contribution is 5.76. The quantitative estimate of drug-likeness (QED) is 0.731. The molecule has 1 aliphatic carbocycles. The van der Waals surface area contributed by atoms with E-state index in [4.69, 9.17) is 9.47 Å². The predicted octanol–water partition coefficient (Wildman–Crippen LogP) is 2.39. The third kappa shape index (κ3) is 4.30. The van der Waals surface area contributed by atoms with Gasteiger partial charge in [-0.25, -0.2) is 0 Å². The van der Waals surface area contributed by atoms with Crippen LogP contribution >= 0.6 is 0 Å². The normalized spacial score (nSPS) is 30.2. The molecule has 0 bridgehead atoms. The first-order chi connectivity index (χ1) is 10.3. The number of carbonyl (C=O) groups excluding carboxylic acids is 1. The van der Waals surface area contributed by atoms with Crippen molar-refractivity contribution in [3.05, 3.63) is 12.2 Å². The number of carbonyl (C=O) groups is 1. The molecule has 0 N–H and O–H groups in total. The van der Waals surface area contributed by atoms with Gasteiger partial charge in [-0.3, -0.25) is 4.79 Å². The van der Waals surface area contributed by atoms with Crippen molar-refractivity contribution in [1.82, 2.24) is 4.90 Å². The molecule has 2 aliphatic heterocycles. The lowest BCUT2D eigenvalue weighted by Gasteiger charge is -2.33. The van der Waals surface area contributed by atoms with Crippen LogP contribution in [-0.4, -0.2) is 49.8 Å². The van der Waals surface area contributed by atoms with Crippen molar-refractivity contribution >= 4 is 5.91 Å². The number of ether oxygens (including phenoxy) is 2. The molecule has 0 radical (unpaired) electrons. The minimum absolute atomic E-state index is 0.328. The van der Waals surface area contributed by atoms with E-state index in [9.17, 15) is 4.79 Å². The van der Waals surface area contributed by atoms with E-state index < -0.39 is 0 Å². The van der Waals surface area contributed by atoms with Gasteiger partial charge in [-0.05, 0) is 38.0 Å². The Morgan fingerprint density at radius 3 is 2.76 bits per heavy atom. The van der Waals surface area contributed by atoms with Crippen molar-refractivity contribution < 1.29 is 14.3 Å². The van der Waals surface area contributed by atoms with Gasteiger partial charge < -0.3 is 14.4 Å². The summed E-state index contributed by atoms with van der Waals surface area (Å²) in [5, 5.41) is 0. The van der Waals surface area contributed by atoms with Gasteiger partial charge in [0.05, 0.1) is 19.3 Å². The molecule has 0 aromatic heterocycles. The molecule has 2 atom stereocenters. The molecule has 0 spiro atoms. The molecule has 4 heteroatoms. The summed E-state index contributed by atoms with van der Waals surface area (Å²) in [4.78, 5) is 14.3. The van der Waals surface area contributed by atoms with Crippen molar-refractivity contribution in [1.29, 1.82) is 0 Å². The molecule has 2 unspecified atom stereocenters. The number of hydrogen-bond acceptors (Lipinski definition) is 3. The van der Waals surface area contributed by atoms with Gasteiger partial charge in [0, 0.05) is 32.0 Å². The van der Waals surface area contributed by atoms with Gasteiger partial charge in [0.25, 0.3) is 0 Å². The first kappa shape index (κ1) is 15.0. The number of rotatable bonds is 5.